The van der Waals surface area contributed by atoms with Gasteiger partial charge in [-0.2, -0.15) is 0 Å². The number of hydrogen-bond acceptors (Lipinski definition) is 7. The summed E-state index contributed by atoms with van der Waals surface area (Å²) >= 11 is 0. The van der Waals surface area contributed by atoms with Crippen LogP contribution in [0.2, 0.25) is 0 Å². The highest BCUT2D eigenvalue weighted by atomic mass is 16.5. The minimum absolute atomic E-state index is 0.110. The van der Waals surface area contributed by atoms with E-state index in [2.05, 4.69) is 10.6 Å². The minimum Gasteiger partial charge on any atom is -0.497 e. The highest BCUT2D eigenvalue weighted by molar-refractivity contribution is 5.93. The van der Waals surface area contributed by atoms with Gasteiger partial charge < -0.3 is 24.8 Å². The van der Waals surface area contributed by atoms with Crippen LogP contribution in [0.4, 0.5) is 0 Å². The number of carbonyl (C=O) groups is 2. The third-order valence-electron chi connectivity index (χ3n) is 7.24. The van der Waals surface area contributed by atoms with Crippen LogP contribution in [-0.4, -0.2) is 55.3 Å². The number of nitrogens with zero attached hydrogens (tertiary/aromatic N) is 1. The van der Waals surface area contributed by atoms with Crippen molar-refractivity contribution in [2.75, 3.05) is 20.8 Å². The lowest BCUT2D eigenvalue weighted by Crippen LogP contribution is -2.51. The van der Waals surface area contributed by atoms with Gasteiger partial charge in [0, 0.05) is 36.0 Å². The average molecular weight is 490 g/mol. The van der Waals surface area contributed by atoms with Gasteiger partial charge in [0.2, 0.25) is 5.91 Å². The molecule has 8 nitrogen and oxygen atoms in total. The van der Waals surface area contributed by atoms with E-state index in [1.165, 1.54) is 7.11 Å². The molecule has 0 bridgehead atoms. The van der Waals surface area contributed by atoms with Gasteiger partial charge in [0.1, 0.15) is 23.1 Å². The van der Waals surface area contributed by atoms with E-state index in [4.69, 9.17) is 19.2 Å². The Morgan fingerprint density at radius 1 is 1.14 bits per heavy atom. The Morgan fingerprint density at radius 2 is 1.94 bits per heavy atom. The quantitative estimate of drug-likeness (QED) is 0.468. The van der Waals surface area contributed by atoms with Crippen LogP contribution in [0.5, 0.6) is 11.5 Å². The van der Waals surface area contributed by atoms with E-state index in [0.717, 1.165) is 34.3 Å². The molecule has 1 aliphatic carbocycles. The molecule has 2 N–H and O–H groups in total. The SMILES string of the molecule is CC[C@@H]1C[C@]1(NC(=O)[C@@H]1C[C@@H](Oc2cc(-c3ccccc3)nc3cc(OC)ccc23)CN1)C(=O)OC. The Kier molecular flexibility index (Phi) is 6.53. The topological polar surface area (TPSA) is 98.8 Å². The molecule has 2 aromatic carbocycles. The number of hydrogen-bond donors (Lipinski definition) is 2. The van der Waals surface area contributed by atoms with Gasteiger partial charge in [-0.15, -0.1) is 0 Å². The molecule has 1 aliphatic heterocycles. The standard InChI is InChI=1S/C28H31N3O5/c1-4-18-15-28(18,27(33)35-3)31-26(32)24-13-20(16-29-24)36-25-14-22(17-8-6-5-7-9-17)30-23-12-19(34-2)10-11-21(23)25/h5-12,14,18,20,24,29H,4,13,15-16H2,1-3H3,(H,31,32)/t18-,20-,24+,28-/m1/s1. The Hall–Kier alpha value is -3.65. The molecule has 2 heterocycles. The van der Waals surface area contributed by atoms with Gasteiger partial charge in [0.15, 0.2) is 0 Å². The maximum absolute atomic E-state index is 13.0. The summed E-state index contributed by atoms with van der Waals surface area (Å²) in [6.07, 6.45) is 1.69. The lowest BCUT2D eigenvalue weighted by Gasteiger charge is -2.20. The number of benzene rings is 2. The summed E-state index contributed by atoms with van der Waals surface area (Å²) in [7, 11) is 2.99. The van der Waals surface area contributed by atoms with Crippen molar-refractivity contribution in [2.24, 2.45) is 5.92 Å². The fourth-order valence-corrected chi connectivity index (χ4v) is 5.10. The summed E-state index contributed by atoms with van der Waals surface area (Å²) in [6.45, 7) is 2.53. The molecule has 188 valence electrons. The van der Waals surface area contributed by atoms with Crippen LogP contribution < -0.4 is 20.1 Å². The molecular weight excluding hydrogens is 458 g/mol. The van der Waals surface area contributed by atoms with Gasteiger partial charge in [0.25, 0.3) is 0 Å². The lowest BCUT2D eigenvalue weighted by atomic mass is 10.1. The van der Waals surface area contributed by atoms with Crippen molar-refractivity contribution in [1.29, 1.82) is 0 Å². The summed E-state index contributed by atoms with van der Waals surface area (Å²) in [5, 5.41) is 7.09. The van der Waals surface area contributed by atoms with Crippen molar-refractivity contribution in [3.63, 3.8) is 0 Å². The number of carbonyl (C=O) groups excluding carboxylic acids is 2. The number of rotatable bonds is 8. The fraction of sp³-hybridized carbons (Fsp3) is 0.393. The van der Waals surface area contributed by atoms with E-state index in [0.29, 0.717) is 25.1 Å². The smallest absolute Gasteiger partial charge is 0.331 e. The molecule has 0 unspecified atom stereocenters. The Labute approximate surface area is 210 Å². The minimum atomic E-state index is -0.897. The highest BCUT2D eigenvalue weighted by Crippen LogP contribution is 2.46. The first-order chi connectivity index (χ1) is 17.5. The summed E-state index contributed by atoms with van der Waals surface area (Å²) in [5.41, 5.74) is 1.65. The summed E-state index contributed by atoms with van der Waals surface area (Å²) in [5.74, 6) is 0.959. The van der Waals surface area contributed by atoms with E-state index in [1.54, 1.807) is 7.11 Å². The maximum Gasteiger partial charge on any atom is 0.331 e. The fourth-order valence-electron chi connectivity index (χ4n) is 5.10. The monoisotopic (exact) mass is 489 g/mol. The number of amides is 1. The van der Waals surface area contributed by atoms with Crippen molar-refractivity contribution in [3.05, 3.63) is 54.6 Å². The second kappa shape index (κ2) is 9.78. The molecule has 1 amide bonds. The van der Waals surface area contributed by atoms with Crippen LogP contribution in [0, 0.1) is 5.92 Å². The molecule has 1 saturated heterocycles. The Bertz CT molecular complexity index is 1280. The van der Waals surface area contributed by atoms with Crippen LogP contribution in [0.15, 0.2) is 54.6 Å². The van der Waals surface area contributed by atoms with E-state index in [-0.39, 0.29) is 23.9 Å². The highest BCUT2D eigenvalue weighted by Gasteiger charge is 2.61. The van der Waals surface area contributed by atoms with Gasteiger partial charge in [-0.05, 0) is 24.5 Å². The third-order valence-corrected chi connectivity index (χ3v) is 7.24. The van der Waals surface area contributed by atoms with Crippen molar-refractivity contribution < 1.29 is 23.8 Å². The second-order valence-corrected chi connectivity index (χ2v) is 9.45. The van der Waals surface area contributed by atoms with Gasteiger partial charge >= 0.3 is 5.97 Å². The van der Waals surface area contributed by atoms with Crippen molar-refractivity contribution >= 4 is 22.8 Å². The lowest BCUT2D eigenvalue weighted by molar-refractivity contribution is -0.147. The Morgan fingerprint density at radius 3 is 2.64 bits per heavy atom. The van der Waals surface area contributed by atoms with Crippen molar-refractivity contribution in [1.82, 2.24) is 15.6 Å². The zero-order chi connectivity index (χ0) is 25.3. The number of ether oxygens (including phenoxy) is 3. The van der Waals surface area contributed by atoms with Crippen LogP contribution in [0.3, 0.4) is 0 Å². The molecule has 0 spiro atoms. The van der Waals surface area contributed by atoms with Gasteiger partial charge in [-0.3, -0.25) is 4.79 Å². The molecule has 1 aromatic heterocycles. The second-order valence-electron chi connectivity index (χ2n) is 9.45. The summed E-state index contributed by atoms with van der Waals surface area (Å²) < 4.78 is 16.8. The van der Waals surface area contributed by atoms with Crippen LogP contribution in [0.25, 0.3) is 22.2 Å². The van der Waals surface area contributed by atoms with Crippen molar-refractivity contribution in [2.45, 2.75) is 43.9 Å². The van der Waals surface area contributed by atoms with Crippen LogP contribution in [-0.2, 0) is 14.3 Å². The molecule has 3 aromatic rings. The van der Waals surface area contributed by atoms with E-state index in [1.807, 2.05) is 61.5 Å². The first kappa shape index (κ1) is 24.1. The maximum atomic E-state index is 13.0. The number of esters is 1. The predicted molar refractivity (Wildman–Crippen MR) is 136 cm³/mol. The molecule has 1 saturated carbocycles. The third kappa shape index (κ3) is 4.48. The first-order valence-corrected chi connectivity index (χ1v) is 12.3. The molecule has 4 atom stereocenters. The first-order valence-electron chi connectivity index (χ1n) is 12.3. The molecule has 8 heteroatoms. The normalized spacial score (nSPS) is 24.8. The zero-order valence-corrected chi connectivity index (χ0v) is 20.7. The largest absolute Gasteiger partial charge is 0.497 e. The molecule has 2 fully saturated rings. The number of fused-ring (bicyclic) bond motifs is 1. The van der Waals surface area contributed by atoms with Gasteiger partial charge in [-0.1, -0.05) is 43.7 Å². The van der Waals surface area contributed by atoms with Crippen LogP contribution >= 0.6 is 0 Å². The average Bonchev–Trinajstić information content (AvgIpc) is 3.43. The molecule has 0 radical (unpaired) electrons. The van der Waals surface area contributed by atoms with E-state index < -0.39 is 11.6 Å². The predicted octanol–water partition coefficient (Wildman–Crippen LogP) is 3.48. The van der Waals surface area contributed by atoms with Crippen molar-refractivity contribution in [3.8, 4) is 22.8 Å². The number of nitrogens with one attached hydrogen (secondary N) is 2. The molecule has 5 rings (SSSR count). The van der Waals surface area contributed by atoms with Crippen LogP contribution in [0.1, 0.15) is 26.2 Å². The summed E-state index contributed by atoms with van der Waals surface area (Å²) in [6, 6.07) is 17.1. The Balaban J connectivity index is 1.35. The summed E-state index contributed by atoms with van der Waals surface area (Å²) in [4.78, 5) is 30.2. The molecule has 2 aliphatic rings. The molecular formula is C28H31N3O5. The zero-order valence-electron chi connectivity index (χ0n) is 20.7. The van der Waals surface area contributed by atoms with Gasteiger partial charge in [-0.25, -0.2) is 9.78 Å². The number of pyridine rings is 1. The number of methoxy groups -OCH3 is 2. The van der Waals surface area contributed by atoms with Gasteiger partial charge in [0.05, 0.1) is 31.5 Å². The number of aromatic nitrogens is 1. The van der Waals surface area contributed by atoms with E-state index >= 15 is 0 Å². The van der Waals surface area contributed by atoms with E-state index in [9.17, 15) is 9.59 Å². The molecule has 36 heavy (non-hydrogen) atoms.